The Labute approximate surface area is 262 Å². The van der Waals surface area contributed by atoms with Crippen LogP contribution in [-0.2, 0) is 38.1 Å². The van der Waals surface area contributed by atoms with E-state index in [2.05, 4.69) is 13.8 Å². The highest BCUT2D eigenvalue weighted by atomic mass is 16.7. The van der Waals surface area contributed by atoms with Gasteiger partial charge in [0.2, 0.25) is 0 Å². The van der Waals surface area contributed by atoms with Gasteiger partial charge in [-0.2, -0.15) is 0 Å². The SMILES string of the molecule is CCCCCCCCCC(=O)O[C@@H]1[C@H](OC[C@@H](O)[C@@H](O)CO)O[C@H](COC(C)=O)[C@@H](O)[C@@H]1OC(=O)CCCCCCCCC. The van der Waals surface area contributed by atoms with Crippen LogP contribution in [0.5, 0.6) is 0 Å². The first-order valence-electron chi connectivity index (χ1n) is 16.6. The third-order valence-corrected chi connectivity index (χ3v) is 7.64. The minimum atomic E-state index is -1.53. The van der Waals surface area contributed by atoms with Crippen LogP contribution in [0.1, 0.15) is 124 Å². The van der Waals surface area contributed by atoms with Gasteiger partial charge in [0, 0.05) is 19.8 Å². The molecule has 0 bridgehead atoms. The monoisotopic (exact) mass is 634 g/mol. The van der Waals surface area contributed by atoms with Gasteiger partial charge in [0.15, 0.2) is 18.5 Å². The van der Waals surface area contributed by atoms with Gasteiger partial charge in [-0.05, 0) is 12.8 Å². The Kier molecular flexibility index (Phi) is 22.3. The summed E-state index contributed by atoms with van der Waals surface area (Å²) in [7, 11) is 0. The Morgan fingerprint density at radius 3 is 1.68 bits per heavy atom. The van der Waals surface area contributed by atoms with Crippen molar-refractivity contribution in [3.05, 3.63) is 0 Å². The standard InChI is InChI=1S/C32H58O12/c1-4-6-8-10-12-14-16-18-27(37)43-30-29(39)26(22-40-23(3)34)42-32(41-21-25(36)24(35)20-33)31(30)44-28(38)19-17-15-13-11-9-7-5-2/h24-26,29-33,35-36,39H,4-22H2,1-3H3/t24-,25+,26+,29+,30-,31-,32+/m0/s1. The summed E-state index contributed by atoms with van der Waals surface area (Å²) in [6.07, 6.45) is 4.13. The van der Waals surface area contributed by atoms with Crippen molar-refractivity contribution in [3.8, 4) is 0 Å². The maximum Gasteiger partial charge on any atom is 0.306 e. The highest BCUT2D eigenvalue weighted by molar-refractivity contribution is 5.71. The van der Waals surface area contributed by atoms with E-state index in [0.717, 1.165) is 64.2 Å². The van der Waals surface area contributed by atoms with Gasteiger partial charge in [0.05, 0.1) is 13.2 Å². The van der Waals surface area contributed by atoms with Crippen molar-refractivity contribution < 1.29 is 58.5 Å². The van der Waals surface area contributed by atoms with Crippen molar-refractivity contribution in [1.29, 1.82) is 0 Å². The molecular weight excluding hydrogens is 576 g/mol. The minimum Gasteiger partial charge on any atom is -0.463 e. The second-order valence-electron chi connectivity index (χ2n) is 11.6. The minimum absolute atomic E-state index is 0.0918. The maximum atomic E-state index is 12.9. The predicted octanol–water partition coefficient (Wildman–Crippen LogP) is 3.47. The van der Waals surface area contributed by atoms with Gasteiger partial charge in [-0.25, -0.2) is 0 Å². The van der Waals surface area contributed by atoms with Crippen LogP contribution in [0.15, 0.2) is 0 Å². The first-order chi connectivity index (χ1) is 21.1. The Morgan fingerprint density at radius 2 is 1.20 bits per heavy atom. The fourth-order valence-electron chi connectivity index (χ4n) is 4.92. The highest BCUT2D eigenvalue weighted by Gasteiger charge is 2.51. The molecule has 0 amide bonds. The van der Waals surface area contributed by atoms with Gasteiger partial charge in [-0.1, -0.05) is 90.9 Å². The van der Waals surface area contributed by atoms with Crippen LogP contribution in [0.25, 0.3) is 0 Å². The summed E-state index contributed by atoms with van der Waals surface area (Å²) < 4.78 is 27.8. The molecule has 4 N–H and O–H groups in total. The second-order valence-corrected chi connectivity index (χ2v) is 11.6. The number of unbranched alkanes of at least 4 members (excludes halogenated alkanes) is 12. The van der Waals surface area contributed by atoms with E-state index in [1.807, 2.05) is 0 Å². The molecule has 0 aliphatic carbocycles. The summed E-state index contributed by atoms with van der Waals surface area (Å²) in [5, 5.41) is 40.2. The number of aliphatic hydroxyl groups is 4. The van der Waals surface area contributed by atoms with E-state index in [9.17, 15) is 29.7 Å². The Balaban J connectivity index is 2.99. The van der Waals surface area contributed by atoms with Gasteiger partial charge in [0.1, 0.15) is 31.0 Å². The number of carbonyl (C=O) groups excluding carboxylic acids is 3. The van der Waals surface area contributed by atoms with E-state index in [4.69, 9.17) is 28.8 Å². The first kappa shape index (κ1) is 40.2. The smallest absolute Gasteiger partial charge is 0.306 e. The normalized spacial score (nSPS) is 23.1. The van der Waals surface area contributed by atoms with Gasteiger partial charge >= 0.3 is 17.9 Å². The average Bonchev–Trinajstić information content (AvgIpc) is 3.00. The Hall–Kier alpha value is -1.83. The molecular formula is C32H58O12. The van der Waals surface area contributed by atoms with Crippen LogP contribution in [0.2, 0.25) is 0 Å². The summed E-state index contributed by atoms with van der Waals surface area (Å²) >= 11 is 0. The molecule has 1 heterocycles. The summed E-state index contributed by atoms with van der Waals surface area (Å²) in [6, 6.07) is 0. The van der Waals surface area contributed by atoms with Crippen LogP contribution >= 0.6 is 0 Å². The van der Waals surface area contributed by atoms with E-state index >= 15 is 0 Å². The molecule has 1 fully saturated rings. The summed E-state index contributed by atoms with van der Waals surface area (Å²) in [6.45, 7) is 3.82. The van der Waals surface area contributed by atoms with Crippen molar-refractivity contribution in [1.82, 2.24) is 0 Å². The molecule has 0 spiro atoms. The lowest BCUT2D eigenvalue weighted by Gasteiger charge is -2.43. The number of rotatable bonds is 25. The molecule has 0 aromatic rings. The van der Waals surface area contributed by atoms with Crippen LogP contribution in [0.3, 0.4) is 0 Å². The zero-order valence-corrected chi connectivity index (χ0v) is 27.0. The quantitative estimate of drug-likeness (QED) is 0.0654. The van der Waals surface area contributed by atoms with Crippen LogP contribution < -0.4 is 0 Å². The molecule has 12 nitrogen and oxygen atoms in total. The lowest BCUT2D eigenvalue weighted by atomic mass is 9.98. The van der Waals surface area contributed by atoms with Gasteiger partial charge in [-0.15, -0.1) is 0 Å². The molecule has 1 aliphatic heterocycles. The first-order valence-corrected chi connectivity index (χ1v) is 16.6. The molecule has 1 aliphatic rings. The summed E-state index contributed by atoms with van der Waals surface area (Å²) in [5.41, 5.74) is 0. The number of aliphatic hydroxyl groups excluding tert-OH is 4. The third kappa shape index (κ3) is 17.0. The molecule has 7 atom stereocenters. The maximum absolute atomic E-state index is 12.9. The van der Waals surface area contributed by atoms with Crippen molar-refractivity contribution in [2.24, 2.45) is 0 Å². The number of ether oxygens (including phenoxy) is 5. The average molecular weight is 635 g/mol. The molecule has 12 heteroatoms. The van der Waals surface area contributed by atoms with Crippen molar-refractivity contribution >= 4 is 17.9 Å². The van der Waals surface area contributed by atoms with Crippen LogP contribution in [0.4, 0.5) is 0 Å². The topological polar surface area (TPSA) is 178 Å². The lowest BCUT2D eigenvalue weighted by Crippen LogP contribution is -2.62. The number of carbonyl (C=O) groups is 3. The number of hydrogen-bond acceptors (Lipinski definition) is 12. The van der Waals surface area contributed by atoms with Crippen LogP contribution in [0, 0.1) is 0 Å². The van der Waals surface area contributed by atoms with E-state index in [0.29, 0.717) is 12.8 Å². The molecule has 0 radical (unpaired) electrons. The number of esters is 3. The molecule has 258 valence electrons. The van der Waals surface area contributed by atoms with Crippen molar-refractivity contribution in [2.75, 3.05) is 19.8 Å². The second kappa shape index (κ2) is 24.4. The van der Waals surface area contributed by atoms with E-state index < -0.39 is 80.6 Å². The molecule has 1 saturated heterocycles. The summed E-state index contributed by atoms with van der Waals surface area (Å²) in [5.74, 6) is -1.83. The van der Waals surface area contributed by atoms with Crippen molar-refractivity contribution in [2.45, 2.75) is 166 Å². The van der Waals surface area contributed by atoms with Gasteiger partial charge < -0.3 is 44.1 Å². The van der Waals surface area contributed by atoms with E-state index in [1.54, 1.807) is 0 Å². The van der Waals surface area contributed by atoms with E-state index in [1.165, 1.54) is 19.8 Å². The largest absolute Gasteiger partial charge is 0.463 e. The Bertz CT molecular complexity index is 778. The molecule has 0 aromatic carbocycles. The molecule has 0 saturated carbocycles. The zero-order valence-electron chi connectivity index (χ0n) is 27.0. The van der Waals surface area contributed by atoms with Crippen molar-refractivity contribution in [3.63, 3.8) is 0 Å². The van der Waals surface area contributed by atoms with E-state index in [-0.39, 0.29) is 12.8 Å². The predicted molar refractivity (Wildman–Crippen MR) is 161 cm³/mol. The fourth-order valence-corrected chi connectivity index (χ4v) is 4.92. The lowest BCUT2D eigenvalue weighted by molar-refractivity contribution is -0.311. The third-order valence-electron chi connectivity index (χ3n) is 7.64. The molecule has 0 unspecified atom stereocenters. The number of hydrogen-bond donors (Lipinski definition) is 4. The molecule has 44 heavy (non-hydrogen) atoms. The molecule has 0 aromatic heterocycles. The fraction of sp³-hybridized carbons (Fsp3) is 0.906. The summed E-state index contributed by atoms with van der Waals surface area (Å²) in [4.78, 5) is 37.2. The zero-order chi connectivity index (χ0) is 32.7. The Morgan fingerprint density at radius 1 is 0.727 bits per heavy atom. The highest BCUT2D eigenvalue weighted by Crippen LogP contribution is 2.29. The van der Waals surface area contributed by atoms with Gasteiger partial charge in [0.25, 0.3) is 0 Å². The van der Waals surface area contributed by atoms with Gasteiger partial charge in [-0.3, -0.25) is 14.4 Å². The van der Waals surface area contributed by atoms with Crippen LogP contribution in [-0.4, -0.2) is 101 Å². The molecule has 1 rings (SSSR count).